The van der Waals surface area contributed by atoms with E-state index in [2.05, 4.69) is 29.4 Å². The molecule has 2 heterocycles. The SMILES string of the molecule is CCN(CC)C(CNC(=O)c1ccc(F)c(S(=O)(=O)N2CCCC2)c1)c1ccsc1. The van der Waals surface area contributed by atoms with Crippen molar-refractivity contribution >= 4 is 27.3 Å². The van der Waals surface area contributed by atoms with E-state index >= 15 is 0 Å². The third-order valence-corrected chi connectivity index (χ3v) is 8.13. The molecule has 2 aromatic rings. The molecular weight excluding hydrogens is 425 g/mol. The smallest absolute Gasteiger partial charge is 0.251 e. The number of thiophene rings is 1. The topological polar surface area (TPSA) is 69.7 Å². The Labute approximate surface area is 181 Å². The van der Waals surface area contributed by atoms with Gasteiger partial charge in [0.25, 0.3) is 5.91 Å². The molecule has 1 aromatic heterocycles. The number of amides is 1. The third kappa shape index (κ3) is 4.91. The van der Waals surface area contributed by atoms with Crippen molar-refractivity contribution in [3.05, 3.63) is 52.0 Å². The summed E-state index contributed by atoms with van der Waals surface area (Å²) in [5.74, 6) is -1.25. The predicted octanol–water partition coefficient (Wildman–Crippen LogP) is 3.48. The molecule has 0 radical (unpaired) electrons. The highest BCUT2D eigenvalue weighted by molar-refractivity contribution is 7.89. The largest absolute Gasteiger partial charge is 0.350 e. The van der Waals surface area contributed by atoms with E-state index in [1.807, 2.05) is 11.4 Å². The van der Waals surface area contributed by atoms with Crippen molar-refractivity contribution in [1.82, 2.24) is 14.5 Å². The molecule has 1 amide bonds. The Balaban J connectivity index is 1.78. The number of nitrogens with one attached hydrogen (secondary N) is 1. The van der Waals surface area contributed by atoms with Crippen LogP contribution in [-0.4, -0.2) is 56.3 Å². The van der Waals surface area contributed by atoms with E-state index in [0.717, 1.165) is 43.6 Å². The molecule has 0 aliphatic carbocycles. The van der Waals surface area contributed by atoms with E-state index in [4.69, 9.17) is 0 Å². The number of benzene rings is 1. The molecule has 0 saturated carbocycles. The van der Waals surface area contributed by atoms with Gasteiger partial charge < -0.3 is 5.32 Å². The Bertz CT molecular complexity index is 954. The first-order valence-electron chi connectivity index (χ1n) is 10.2. The molecule has 6 nitrogen and oxygen atoms in total. The molecule has 164 valence electrons. The Hall–Kier alpha value is -1.81. The van der Waals surface area contributed by atoms with Crippen LogP contribution in [0.5, 0.6) is 0 Å². The zero-order valence-corrected chi connectivity index (χ0v) is 18.9. The number of rotatable bonds is 9. The van der Waals surface area contributed by atoms with Crippen molar-refractivity contribution in [2.45, 2.75) is 37.6 Å². The number of nitrogens with zero attached hydrogens (tertiary/aromatic N) is 2. The van der Waals surface area contributed by atoms with E-state index in [1.54, 1.807) is 11.3 Å². The molecule has 0 bridgehead atoms. The summed E-state index contributed by atoms with van der Waals surface area (Å²) in [6.07, 6.45) is 1.52. The van der Waals surface area contributed by atoms with E-state index in [0.29, 0.717) is 19.6 Å². The molecule has 1 unspecified atom stereocenters. The number of carbonyl (C=O) groups is 1. The van der Waals surface area contributed by atoms with Gasteiger partial charge in [0, 0.05) is 25.2 Å². The molecule has 1 atom stereocenters. The second-order valence-corrected chi connectivity index (χ2v) is 9.95. The normalized spacial score (nSPS) is 16.1. The van der Waals surface area contributed by atoms with E-state index in [1.165, 1.54) is 10.4 Å². The van der Waals surface area contributed by atoms with Gasteiger partial charge in [-0.25, -0.2) is 12.8 Å². The number of likely N-dealkylation sites (N-methyl/N-ethyl adjacent to an activating group) is 1. The molecule has 3 rings (SSSR count). The monoisotopic (exact) mass is 453 g/mol. The van der Waals surface area contributed by atoms with Gasteiger partial charge in [0.15, 0.2) is 0 Å². The van der Waals surface area contributed by atoms with Crippen LogP contribution in [0.15, 0.2) is 39.9 Å². The third-order valence-electron chi connectivity index (χ3n) is 5.51. The van der Waals surface area contributed by atoms with Crippen LogP contribution in [0.3, 0.4) is 0 Å². The predicted molar refractivity (Wildman–Crippen MR) is 117 cm³/mol. The summed E-state index contributed by atoms with van der Waals surface area (Å²) in [7, 11) is -3.94. The van der Waals surface area contributed by atoms with Gasteiger partial charge in [-0.1, -0.05) is 13.8 Å². The average Bonchev–Trinajstić information content (AvgIpc) is 3.45. The Morgan fingerprint density at radius 2 is 1.93 bits per heavy atom. The number of carbonyl (C=O) groups excluding carboxylic acids is 1. The van der Waals surface area contributed by atoms with Crippen LogP contribution in [-0.2, 0) is 10.0 Å². The van der Waals surface area contributed by atoms with Crippen LogP contribution >= 0.6 is 11.3 Å². The summed E-state index contributed by atoms with van der Waals surface area (Å²) in [5, 5.41) is 6.96. The van der Waals surface area contributed by atoms with Gasteiger partial charge in [-0.2, -0.15) is 15.6 Å². The van der Waals surface area contributed by atoms with Gasteiger partial charge in [-0.15, -0.1) is 0 Å². The molecular formula is C21H28FN3O3S2. The van der Waals surface area contributed by atoms with Crippen LogP contribution in [0.1, 0.15) is 48.7 Å². The molecule has 0 spiro atoms. The maximum atomic E-state index is 14.3. The van der Waals surface area contributed by atoms with Crippen molar-refractivity contribution < 1.29 is 17.6 Å². The lowest BCUT2D eigenvalue weighted by molar-refractivity contribution is 0.0934. The molecule has 1 saturated heterocycles. The van der Waals surface area contributed by atoms with Gasteiger partial charge in [0.05, 0.1) is 6.04 Å². The fraction of sp³-hybridized carbons (Fsp3) is 0.476. The first kappa shape index (κ1) is 22.9. The zero-order chi connectivity index (χ0) is 21.7. The first-order chi connectivity index (χ1) is 14.4. The minimum Gasteiger partial charge on any atom is -0.350 e. The van der Waals surface area contributed by atoms with E-state index < -0.39 is 26.6 Å². The Morgan fingerprint density at radius 1 is 1.23 bits per heavy atom. The lowest BCUT2D eigenvalue weighted by Crippen LogP contribution is -2.38. The van der Waals surface area contributed by atoms with Crippen molar-refractivity contribution in [3.8, 4) is 0 Å². The van der Waals surface area contributed by atoms with Gasteiger partial charge in [0.2, 0.25) is 10.0 Å². The summed E-state index contributed by atoms with van der Waals surface area (Å²) in [6.45, 7) is 6.95. The Kier molecular flexibility index (Phi) is 7.62. The lowest BCUT2D eigenvalue weighted by atomic mass is 10.1. The fourth-order valence-electron chi connectivity index (χ4n) is 3.79. The summed E-state index contributed by atoms with van der Waals surface area (Å²) < 4.78 is 41.1. The molecule has 30 heavy (non-hydrogen) atoms. The van der Waals surface area contributed by atoms with E-state index in [-0.39, 0.29) is 11.6 Å². The second kappa shape index (κ2) is 10.00. The summed E-state index contributed by atoms with van der Waals surface area (Å²) in [5.41, 5.74) is 1.26. The Morgan fingerprint density at radius 3 is 2.53 bits per heavy atom. The van der Waals surface area contributed by atoms with Crippen LogP contribution in [0.25, 0.3) is 0 Å². The van der Waals surface area contributed by atoms with Crippen molar-refractivity contribution in [1.29, 1.82) is 0 Å². The summed E-state index contributed by atoms with van der Waals surface area (Å²) >= 11 is 1.60. The van der Waals surface area contributed by atoms with Gasteiger partial charge in [-0.05, 0) is 66.5 Å². The van der Waals surface area contributed by atoms with Crippen molar-refractivity contribution in [2.24, 2.45) is 0 Å². The summed E-state index contributed by atoms with van der Waals surface area (Å²) in [4.78, 5) is 14.6. The highest BCUT2D eigenvalue weighted by Gasteiger charge is 2.30. The standard InChI is InChI=1S/C21H28FN3O3S2/c1-3-24(4-2)19(17-9-12-29-15-17)14-23-21(26)16-7-8-18(22)20(13-16)30(27,28)25-10-5-6-11-25/h7-9,12-13,15,19H,3-6,10-11,14H2,1-2H3,(H,23,26). The van der Waals surface area contributed by atoms with Crippen molar-refractivity contribution in [2.75, 3.05) is 32.7 Å². The highest BCUT2D eigenvalue weighted by Crippen LogP contribution is 2.25. The average molecular weight is 454 g/mol. The highest BCUT2D eigenvalue weighted by atomic mass is 32.2. The van der Waals surface area contributed by atoms with Gasteiger partial charge >= 0.3 is 0 Å². The van der Waals surface area contributed by atoms with E-state index in [9.17, 15) is 17.6 Å². The molecule has 1 fully saturated rings. The molecule has 1 N–H and O–H groups in total. The maximum Gasteiger partial charge on any atom is 0.251 e. The molecule has 1 aliphatic heterocycles. The van der Waals surface area contributed by atoms with Crippen molar-refractivity contribution in [3.63, 3.8) is 0 Å². The number of sulfonamides is 1. The summed E-state index contributed by atoms with van der Waals surface area (Å²) in [6, 6.07) is 5.58. The molecule has 1 aromatic carbocycles. The second-order valence-electron chi connectivity index (χ2n) is 7.26. The fourth-order valence-corrected chi connectivity index (χ4v) is 6.10. The first-order valence-corrected chi connectivity index (χ1v) is 12.6. The van der Waals surface area contributed by atoms with Crippen LogP contribution < -0.4 is 5.32 Å². The maximum absolute atomic E-state index is 14.3. The van der Waals surface area contributed by atoms with Crippen LogP contribution in [0.2, 0.25) is 0 Å². The lowest BCUT2D eigenvalue weighted by Gasteiger charge is -2.29. The number of hydrogen-bond donors (Lipinski definition) is 1. The quantitative estimate of drug-likeness (QED) is 0.631. The van der Waals surface area contributed by atoms with Gasteiger partial charge in [0.1, 0.15) is 10.7 Å². The minimum atomic E-state index is -3.94. The molecule has 9 heteroatoms. The van der Waals surface area contributed by atoms with Crippen LogP contribution in [0.4, 0.5) is 4.39 Å². The van der Waals surface area contributed by atoms with Crippen LogP contribution in [0, 0.1) is 5.82 Å². The number of hydrogen-bond acceptors (Lipinski definition) is 5. The molecule has 1 aliphatic rings. The van der Waals surface area contributed by atoms with Gasteiger partial charge in [-0.3, -0.25) is 9.69 Å². The zero-order valence-electron chi connectivity index (χ0n) is 17.3. The minimum absolute atomic E-state index is 0.0171. The number of halogens is 1.